The highest BCUT2D eigenvalue weighted by atomic mass is 32.1. The fourth-order valence-corrected chi connectivity index (χ4v) is 4.12. The molecule has 1 aromatic heterocycles. The molecule has 0 spiro atoms. The second-order valence-electron chi connectivity index (χ2n) is 6.23. The molecule has 6 heteroatoms. The summed E-state index contributed by atoms with van der Waals surface area (Å²) in [7, 11) is 0. The van der Waals surface area contributed by atoms with Gasteiger partial charge in [0.15, 0.2) is 0 Å². The minimum absolute atomic E-state index is 0.0293. The van der Waals surface area contributed by atoms with Gasteiger partial charge in [-0.3, -0.25) is 9.59 Å². The maximum atomic E-state index is 12.3. The summed E-state index contributed by atoms with van der Waals surface area (Å²) in [5.74, 6) is -0.0392. The fraction of sp³-hybridized carbons (Fsp3) is 0.444. The SMILES string of the molecule is CC(=O)N1CCC(C(=O)NCC(O)c2cc3ccccc3s2)CC1. The van der Waals surface area contributed by atoms with E-state index in [1.165, 1.54) is 0 Å². The van der Waals surface area contributed by atoms with Gasteiger partial charge in [0.2, 0.25) is 11.8 Å². The first kappa shape index (κ1) is 16.9. The first-order chi connectivity index (χ1) is 11.5. The third kappa shape index (κ3) is 3.76. The van der Waals surface area contributed by atoms with Crippen LogP contribution in [-0.4, -0.2) is 41.5 Å². The molecule has 1 aliphatic rings. The summed E-state index contributed by atoms with van der Waals surface area (Å²) in [6.45, 7) is 3.04. The summed E-state index contributed by atoms with van der Waals surface area (Å²) in [6.07, 6.45) is 0.679. The molecule has 0 aliphatic carbocycles. The highest BCUT2D eigenvalue weighted by Crippen LogP contribution is 2.29. The van der Waals surface area contributed by atoms with Crippen molar-refractivity contribution < 1.29 is 14.7 Å². The largest absolute Gasteiger partial charge is 0.386 e. The van der Waals surface area contributed by atoms with Crippen molar-refractivity contribution in [2.24, 2.45) is 5.92 Å². The predicted molar refractivity (Wildman–Crippen MR) is 94.8 cm³/mol. The lowest BCUT2D eigenvalue weighted by molar-refractivity contribution is -0.134. The van der Waals surface area contributed by atoms with Crippen molar-refractivity contribution in [2.45, 2.75) is 25.9 Å². The van der Waals surface area contributed by atoms with E-state index in [0.717, 1.165) is 15.0 Å². The Balaban J connectivity index is 1.51. The van der Waals surface area contributed by atoms with Gasteiger partial charge in [0, 0.05) is 42.1 Å². The van der Waals surface area contributed by atoms with E-state index >= 15 is 0 Å². The van der Waals surface area contributed by atoms with Crippen LogP contribution < -0.4 is 5.32 Å². The van der Waals surface area contributed by atoms with Crippen LogP contribution >= 0.6 is 11.3 Å². The quantitative estimate of drug-likeness (QED) is 0.892. The van der Waals surface area contributed by atoms with Crippen molar-refractivity contribution in [1.82, 2.24) is 10.2 Å². The van der Waals surface area contributed by atoms with Crippen molar-refractivity contribution in [1.29, 1.82) is 0 Å². The van der Waals surface area contributed by atoms with Gasteiger partial charge in [-0.1, -0.05) is 18.2 Å². The van der Waals surface area contributed by atoms with Gasteiger partial charge in [0.25, 0.3) is 0 Å². The Kier molecular flexibility index (Phi) is 5.16. The number of nitrogens with zero attached hydrogens (tertiary/aromatic N) is 1. The van der Waals surface area contributed by atoms with Crippen LogP contribution in [0.2, 0.25) is 0 Å². The average molecular weight is 346 g/mol. The van der Waals surface area contributed by atoms with Crippen molar-refractivity contribution >= 4 is 33.2 Å². The first-order valence-electron chi connectivity index (χ1n) is 8.24. The van der Waals surface area contributed by atoms with E-state index in [1.54, 1.807) is 23.2 Å². The van der Waals surface area contributed by atoms with E-state index in [0.29, 0.717) is 25.9 Å². The van der Waals surface area contributed by atoms with Crippen LogP contribution in [0, 0.1) is 5.92 Å². The van der Waals surface area contributed by atoms with E-state index in [-0.39, 0.29) is 24.3 Å². The number of fused-ring (bicyclic) bond motifs is 1. The molecule has 0 bridgehead atoms. The predicted octanol–water partition coefficient (Wildman–Crippen LogP) is 2.31. The van der Waals surface area contributed by atoms with E-state index in [1.807, 2.05) is 30.3 Å². The van der Waals surface area contributed by atoms with Crippen molar-refractivity contribution in [3.05, 3.63) is 35.2 Å². The lowest BCUT2D eigenvalue weighted by Crippen LogP contribution is -2.42. The van der Waals surface area contributed by atoms with Gasteiger partial charge in [-0.15, -0.1) is 11.3 Å². The molecule has 5 nitrogen and oxygen atoms in total. The van der Waals surface area contributed by atoms with Crippen LogP contribution in [0.15, 0.2) is 30.3 Å². The standard InChI is InChI=1S/C18H22N2O3S/c1-12(21)20-8-6-13(7-9-20)18(23)19-11-15(22)17-10-14-4-2-3-5-16(14)24-17/h2-5,10,13,15,22H,6-9,11H2,1H3,(H,19,23). The number of likely N-dealkylation sites (tertiary alicyclic amines) is 1. The molecule has 1 aliphatic heterocycles. The summed E-state index contributed by atoms with van der Waals surface area (Å²) in [4.78, 5) is 26.2. The normalized spacial score (nSPS) is 17.0. The maximum absolute atomic E-state index is 12.3. The fourth-order valence-electron chi connectivity index (χ4n) is 3.07. The number of aliphatic hydroxyl groups excluding tert-OH is 1. The zero-order valence-corrected chi connectivity index (χ0v) is 14.5. The summed E-state index contributed by atoms with van der Waals surface area (Å²) in [6, 6.07) is 9.97. The number of carbonyl (C=O) groups is 2. The molecule has 1 fully saturated rings. The van der Waals surface area contributed by atoms with Crippen molar-refractivity contribution in [3.63, 3.8) is 0 Å². The number of carbonyl (C=O) groups excluding carboxylic acids is 2. The van der Waals surface area contributed by atoms with Crippen LogP contribution in [-0.2, 0) is 9.59 Å². The van der Waals surface area contributed by atoms with Crippen LogP contribution in [0.4, 0.5) is 0 Å². The van der Waals surface area contributed by atoms with E-state index in [9.17, 15) is 14.7 Å². The highest BCUT2D eigenvalue weighted by molar-refractivity contribution is 7.19. The smallest absolute Gasteiger partial charge is 0.223 e. The molecule has 1 atom stereocenters. The maximum Gasteiger partial charge on any atom is 0.223 e. The minimum Gasteiger partial charge on any atom is -0.386 e. The van der Waals surface area contributed by atoms with E-state index in [4.69, 9.17) is 0 Å². The summed E-state index contributed by atoms with van der Waals surface area (Å²) in [5, 5.41) is 14.3. The van der Waals surface area contributed by atoms with E-state index in [2.05, 4.69) is 5.32 Å². The van der Waals surface area contributed by atoms with Gasteiger partial charge in [-0.2, -0.15) is 0 Å². The highest BCUT2D eigenvalue weighted by Gasteiger charge is 2.26. The summed E-state index contributed by atoms with van der Waals surface area (Å²) >= 11 is 1.55. The number of rotatable bonds is 4. The second kappa shape index (κ2) is 7.32. The molecular weight excluding hydrogens is 324 g/mol. The Hall–Kier alpha value is -1.92. The van der Waals surface area contributed by atoms with Gasteiger partial charge in [0.05, 0.1) is 0 Å². The lowest BCUT2D eigenvalue weighted by atomic mass is 9.96. The molecule has 1 unspecified atom stereocenters. The molecule has 0 saturated carbocycles. The molecule has 2 amide bonds. The zero-order valence-electron chi connectivity index (χ0n) is 13.7. The zero-order chi connectivity index (χ0) is 17.1. The second-order valence-corrected chi connectivity index (χ2v) is 7.34. The van der Waals surface area contributed by atoms with Crippen LogP contribution in [0.5, 0.6) is 0 Å². The van der Waals surface area contributed by atoms with Crippen LogP contribution in [0.25, 0.3) is 10.1 Å². The third-order valence-corrected chi connectivity index (χ3v) is 5.77. The monoisotopic (exact) mass is 346 g/mol. The Bertz CT molecular complexity index is 702. The number of aliphatic hydroxyl groups is 1. The molecular formula is C18H22N2O3S. The number of thiophene rings is 1. The van der Waals surface area contributed by atoms with Crippen LogP contribution in [0.3, 0.4) is 0 Å². The molecule has 2 heterocycles. The van der Waals surface area contributed by atoms with Crippen LogP contribution in [0.1, 0.15) is 30.7 Å². The molecule has 2 N–H and O–H groups in total. The van der Waals surface area contributed by atoms with Gasteiger partial charge < -0.3 is 15.3 Å². The third-order valence-electron chi connectivity index (χ3n) is 4.55. The molecule has 2 aromatic rings. The number of hydrogen-bond donors (Lipinski definition) is 2. The average Bonchev–Trinajstić information content (AvgIpc) is 3.03. The lowest BCUT2D eigenvalue weighted by Gasteiger charge is -2.30. The summed E-state index contributed by atoms with van der Waals surface area (Å²) in [5.41, 5.74) is 0. The summed E-state index contributed by atoms with van der Waals surface area (Å²) < 4.78 is 1.13. The topological polar surface area (TPSA) is 69.6 Å². The Morgan fingerprint density at radius 1 is 1.33 bits per heavy atom. The Labute approximate surface area is 145 Å². The molecule has 1 saturated heterocycles. The Morgan fingerprint density at radius 2 is 2.04 bits per heavy atom. The molecule has 0 radical (unpaired) electrons. The van der Waals surface area contributed by atoms with Crippen molar-refractivity contribution in [3.8, 4) is 0 Å². The molecule has 1 aromatic carbocycles. The number of nitrogens with one attached hydrogen (secondary N) is 1. The first-order valence-corrected chi connectivity index (χ1v) is 9.06. The number of piperidine rings is 1. The number of hydrogen-bond acceptors (Lipinski definition) is 4. The number of amides is 2. The Morgan fingerprint density at radius 3 is 2.71 bits per heavy atom. The van der Waals surface area contributed by atoms with Gasteiger partial charge in [0.1, 0.15) is 6.10 Å². The molecule has 24 heavy (non-hydrogen) atoms. The van der Waals surface area contributed by atoms with Gasteiger partial charge >= 0.3 is 0 Å². The van der Waals surface area contributed by atoms with Crippen molar-refractivity contribution in [2.75, 3.05) is 19.6 Å². The molecule has 3 rings (SSSR count). The van der Waals surface area contributed by atoms with E-state index < -0.39 is 6.10 Å². The van der Waals surface area contributed by atoms with Gasteiger partial charge in [-0.05, 0) is 30.4 Å². The number of benzene rings is 1. The minimum atomic E-state index is -0.691. The molecule has 128 valence electrons. The van der Waals surface area contributed by atoms with Gasteiger partial charge in [-0.25, -0.2) is 0 Å².